The van der Waals surface area contributed by atoms with Crippen LogP contribution in [0.15, 0.2) is 18.2 Å². The highest BCUT2D eigenvalue weighted by atomic mass is 16.2. The molecule has 0 aromatic heterocycles. The molecule has 1 saturated heterocycles. The van der Waals surface area contributed by atoms with Gasteiger partial charge in [0, 0.05) is 6.42 Å². The van der Waals surface area contributed by atoms with Crippen molar-refractivity contribution in [3.05, 3.63) is 34.9 Å². The maximum Gasteiger partial charge on any atom is 0.343 e. The monoisotopic (exact) mass is 316 g/mol. The fraction of sp³-hybridized carbons (Fsp3) is 0.333. The highest BCUT2D eigenvalue weighted by molar-refractivity contribution is 6.22. The van der Waals surface area contributed by atoms with Gasteiger partial charge in [0.2, 0.25) is 5.91 Å². The number of urea groups is 1. The molecule has 0 saturated carbocycles. The number of nitrogens with two attached hydrogens (primary N) is 1. The van der Waals surface area contributed by atoms with Crippen LogP contribution >= 0.6 is 0 Å². The van der Waals surface area contributed by atoms with Crippen molar-refractivity contribution < 1.29 is 19.2 Å². The summed E-state index contributed by atoms with van der Waals surface area (Å²) < 4.78 is 0. The van der Waals surface area contributed by atoms with Gasteiger partial charge in [-0.1, -0.05) is 6.07 Å². The number of benzene rings is 1. The molecule has 1 fully saturated rings. The summed E-state index contributed by atoms with van der Waals surface area (Å²) in [5, 5.41) is 3.88. The lowest BCUT2D eigenvalue weighted by Gasteiger charge is -2.32. The van der Waals surface area contributed by atoms with Crippen LogP contribution in [-0.4, -0.2) is 46.9 Å². The first-order valence-corrected chi connectivity index (χ1v) is 7.36. The molecule has 0 bridgehead atoms. The third-order valence-corrected chi connectivity index (χ3v) is 3.87. The number of hydrogen-bond acceptors (Lipinski definition) is 5. The van der Waals surface area contributed by atoms with E-state index in [1.54, 1.807) is 18.2 Å². The highest BCUT2D eigenvalue weighted by Crippen LogP contribution is 2.26. The molecule has 23 heavy (non-hydrogen) atoms. The van der Waals surface area contributed by atoms with Crippen LogP contribution in [0.1, 0.15) is 39.1 Å². The van der Waals surface area contributed by atoms with Gasteiger partial charge >= 0.3 is 6.03 Å². The lowest BCUT2D eigenvalue weighted by atomic mass is 10.0. The summed E-state index contributed by atoms with van der Waals surface area (Å²) in [6.07, 6.45) is 1.53. The van der Waals surface area contributed by atoms with E-state index in [2.05, 4.69) is 5.32 Å². The Labute approximate surface area is 132 Å². The fourth-order valence-corrected chi connectivity index (χ4v) is 2.70. The van der Waals surface area contributed by atoms with E-state index in [0.29, 0.717) is 13.0 Å². The van der Waals surface area contributed by atoms with E-state index in [1.165, 1.54) is 0 Å². The third kappa shape index (κ3) is 2.57. The predicted octanol–water partition coefficient (Wildman–Crippen LogP) is 0.0308. The summed E-state index contributed by atoms with van der Waals surface area (Å²) in [5.74, 6) is -1.53. The summed E-state index contributed by atoms with van der Waals surface area (Å²) in [5.41, 5.74) is 6.92. The number of carbonyl (C=O) groups is 4. The minimum atomic E-state index is -0.765. The molecule has 0 atom stereocenters. The minimum Gasteiger partial charge on any atom is -0.330 e. The lowest BCUT2D eigenvalue weighted by molar-refractivity contribution is -0.122. The van der Waals surface area contributed by atoms with Crippen LogP contribution in [0, 0.1) is 0 Å². The van der Waals surface area contributed by atoms with Crippen molar-refractivity contribution in [3.63, 3.8) is 0 Å². The average Bonchev–Trinajstić information content (AvgIpc) is 2.77. The van der Waals surface area contributed by atoms with Crippen LogP contribution in [0.25, 0.3) is 0 Å². The average molecular weight is 316 g/mol. The van der Waals surface area contributed by atoms with E-state index in [0.717, 1.165) is 22.0 Å². The number of fused-ring (bicyclic) bond motifs is 1. The van der Waals surface area contributed by atoms with Crippen molar-refractivity contribution in [2.45, 2.75) is 19.3 Å². The molecule has 120 valence electrons. The van der Waals surface area contributed by atoms with Gasteiger partial charge in [-0.2, -0.15) is 5.01 Å². The quantitative estimate of drug-likeness (QED) is 0.761. The van der Waals surface area contributed by atoms with E-state index in [1.807, 2.05) is 0 Å². The van der Waals surface area contributed by atoms with E-state index >= 15 is 0 Å². The van der Waals surface area contributed by atoms with E-state index in [4.69, 9.17) is 5.73 Å². The van der Waals surface area contributed by atoms with E-state index in [-0.39, 0.29) is 24.1 Å². The normalized spacial score (nSPS) is 17.6. The Morgan fingerprint density at radius 3 is 2.52 bits per heavy atom. The van der Waals surface area contributed by atoms with Gasteiger partial charge in [-0.15, -0.1) is 0 Å². The summed E-state index contributed by atoms with van der Waals surface area (Å²) >= 11 is 0. The van der Waals surface area contributed by atoms with Crippen molar-refractivity contribution in [1.29, 1.82) is 0 Å². The fourth-order valence-electron chi connectivity index (χ4n) is 2.70. The van der Waals surface area contributed by atoms with Gasteiger partial charge in [-0.3, -0.25) is 19.7 Å². The lowest BCUT2D eigenvalue weighted by Crippen LogP contribution is -2.58. The van der Waals surface area contributed by atoms with Gasteiger partial charge in [-0.25, -0.2) is 9.80 Å². The highest BCUT2D eigenvalue weighted by Gasteiger charge is 2.43. The smallest absolute Gasteiger partial charge is 0.330 e. The summed E-state index contributed by atoms with van der Waals surface area (Å²) in [6.45, 7) is 0.536. The molecular weight excluding hydrogens is 300 g/mol. The molecule has 3 N–H and O–H groups in total. The summed E-state index contributed by atoms with van der Waals surface area (Å²) in [6, 6.07) is 4.27. The number of hydrogen-bond donors (Lipinski definition) is 2. The predicted molar refractivity (Wildman–Crippen MR) is 79.2 cm³/mol. The van der Waals surface area contributed by atoms with Crippen molar-refractivity contribution in [2.24, 2.45) is 5.73 Å². The second kappa shape index (κ2) is 5.81. The Morgan fingerprint density at radius 1 is 1.09 bits per heavy atom. The molecule has 8 heteroatoms. The molecule has 0 aliphatic carbocycles. The topological polar surface area (TPSA) is 113 Å². The Kier molecular flexibility index (Phi) is 3.83. The third-order valence-electron chi connectivity index (χ3n) is 3.87. The van der Waals surface area contributed by atoms with Crippen molar-refractivity contribution in [2.75, 3.05) is 13.1 Å². The van der Waals surface area contributed by atoms with Gasteiger partial charge in [0.05, 0.1) is 17.7 Å². The van der Waals surface area contributed by atoms with Crippen molar-refractivity contribution >= 4 is 23.8 Å². The zero-order valence-corrected chi connectivity index (χ0v) is 12.4. The van der Waals surface area contributed by atoms with Crippen LogP contribution < -0.4 is 11.1 Å². The number of imide groups is 2. The number of nitrogens with one attached hydrogen (secondary N) is 1. The summed E-state index contributed by atoms with van der Waals surface area (Å²) in [7, 11) is 0. The zero-order valence-electron chi connectivity index (χ0n) is 12.4. The number of hydrazine groups is 1. The molecule has 0 radical (unpaired) electrons. The van der Waals surface area contributed by atoms with Crippen molar-refractivity contribution in [1.82, 2.24) is 15.3 Å². The van der Waals surface area contributed by atoms with Crippen LogP contribution in [0.4, 0.5) is 4.79 Å². The molecule has 0 spiro atoms. The van der Waals surface area contributed by atoms with Crippen LogP contribution in [0.5, 0.6) is 0 Å². The van der Waals surface area contributed by atoms with Gasteiger partial charge < -0.3 is 5.73 Å². The standard InChI is InChI=1S/C15H16N4O4/c16-6-1-2-9-3-4-10-11(8-9)14(22)19(13(10)21)18-7-5-12(20)17-15(18)23/h3-4,8H,1-2,5-7,16H2,(H,17,20,23). The second-order valence-corrected chi connectivity index (χ2v) is 5.42. The maximum absolute atomic E-state index is 12.5. The Hall–Kier alpha value is -2.74. The Bertz CT molecular complexity index is 715. The van der Waals surface area contributed by atoms with Gasteiger partial charge in [-0.05, 0) is 37.1 Å². The van der Waals surface area contributed by atoms with Gasteiger partial charge in [0.15, 0.2) is 0 Å². The van der Waals surface area contributed by atoms with E-state index in [9.17, 15) is 19.2 Å². The second-order valence-electron chi connectivity index (χ2n) is 5.42. The molecule has 2 heterocycles. The zero-order chi connectivity index (χ0) is 16.6. The number of nitrogens with zero attached hydrogens (tertiary/aromatic N) is 2. The van der Waals surface area contributed by atoms with Crippen LogP contribution in [0.2, 0.25) is 0 Å². The molecule has 1 aromatic rings. The molecule has 2 aliphatic heterocycles. The SMILES string of the molecule is NCCCc1ccc2c(c1)C(=O)N(N1CCC(=O)NC1=O)C2=O. The first-order valence-electron chi connectivity index (χ1n) is 7.36. The molecule has 1 aromatic carbocycles. The number of rotatable bonds is 4. The molecular formula is C15H16N4O4. The van der Waals surface area contributed by atoms with E-state index < -0.39 is 23.8 Å². The van der Waals surface area contributed by atoms with Crippen molar-refractivity contribution in [3.8, 4) is 0 Å². The van der Waals surface area contributed by atoms with Gasteiger partial charge in [0.25, 0.3) is 11.8 Å². The van der Waals surface area contributed by atoms with Crippen LogP contribution in [0.3, 0.4) is 0 Å². The molecule has 8 nitrogen and oxygen atoms in total. The first-order chi connectivity index (χ1) is 11.0. The Morgan fingerprint density at radius 2 is 1.83 bits per heavy atom. The first kappa shape index (κ1) is 15.2. The molecule has 5 amide bonds. The minimum absolute atomic E-state index is 0.00380. The maximum atomic E-state index is 12.5. The number of amides is 5. The largest absolute Gasteiger partial charge is 0.343 e. The molecule has 2 aliphatic rings. The summed E-state index contributed by atoms with van der Waals surface area (Å²) in [4.78, 5) is 48.0. The van der Waals surface area contributed by atoms with Gasteiger partial charge in [0.1, 0.15) is 0 Å². The van der Waals surface area contributed by atoms with Crippen LogP contribution in [-0.2, 0) is 11.2 Å². The number of carbonyl (C=O) groups excluding carboxylic acids is 4. The Balaban J connectivity index is 1.88. The molecule has 3 rings (SSSR count). The number of aryl methyl sites for hydroxylation is 1. The molecule has 0 unspecified atom stereocenters.